The average Bonchev–Trinajstić information content (AvgIpc) is 2.46. The summed E-state index contributed by atoms with van der Waals surface area (Å²) in [6, 6.07) is 6.30. The molecule has 0 amide bonds. The lowest BCUT2D eigenvalue weighted by atomic mass is 9.84. The van der Waals surface area contributed by atoms with Crippen molar-refractivity contribution in [2.24, 2.45) is 11.7 Å². The van der Waals surface area contributed by atoms with Crippen molar-refractivity contribution in [2.45, 2.75) is 18.9 Å². The van der Waals surface area contributed by atoms with Crippen molar-refractivity contribution in [1.82, 2.24) is 4.90 Å². The van der Waals surface area contributed by atoms with Crippen molar-refractivity contribution in [2.75, 3.05) is 34.4 Å². The Labute approximate surface area is 115 Å². The Hall–Kier alpha value is -1.26. The van der Waals surface area contributed by atoms with E-state index in [1.807, 2.05) is 12.1 Å². The van der Waals surface area contributed by atoms with Crippen molar-refractivity contribution in [3.05, 3.63) is 23.8 Å². The van der Waals surface area contributed by atoms with Gasteiger partial charge in [-0.25, -0.2) is 0 Å². The van der Waals surface area contributed by atoms with Crippen molar-refractivity contribution in [1.29, 1.82) is 0 Å². The molecule has 2 N–H and O–H groups in total. The number of methoxy groups -OCH3 is 2. The second-order valence-electron chi connectivity index (χ2n) is 5.17. The molecule has 2 unspecified atom stereocenters. The number of nitrogens with zero attached hydrogens (tertiary/aromatic N) is 1. The van der Waals surface area contributed by atoms with Crippen LogP contribution in [-0.4, -0.2) is 39.3 Å². The molecule has 1 aliphatic heterocycles. The van der Waals surface area contributed by atoms with Gasteiger partial charge in [-0.15, -0.1) is 0 Å². The van der Waals surface area contributed by atoms with Gasteiger partial charge in [-0.1, -0.05) is 0 Å². The summed E-state index contributed by atoms with van der Waals surface area (Å²) < 4.78 is 10.9. The highest BCUT2D eigenvalue weighted by Gasteiger charge is 2.31. The van der Waals surface area contributed by atoms with E-state index in [9.17, 15) is 0 Å². The first-order valence-corrected chi connectivity index (χ1v) is 6.83. The van der Waals surface area contributed by atoms with Crippen LogP contribution in [0.25, 0.3) is 0 Å². The third-order valence-corrected chi connectivity index (χ3v) is 4.07. The van der Waals surface area contributed by atoms with Crippen LogP contribution >= 0.6 is 0 Å². The summed E-state index contributed by atoms with van der Waals surface area (Å²) in [6.07, 6.45) is 2.38. The van der Waals surface area contributed by atoms with E-state index in [-0.39, 0.29) is 0 Å². The van der Waals surface area contributed by atoms with Gasteiger partial charge in [-0.05, 0) is 57.1 Å². The number of nitrogens with two attached hydrogens (primary N) is 1. The Morgan fingerprint density at radius 1 is 1.32 bits per heavy atom. The van der Waals surface area contributed by atoms with Gasteiger partial charge in [0.1, 0.15) is 11.5 Å². The molecular weight excluding hydrogens is 240 g/mol. The predicted molar refractivity (Wildman–Crippen MR) is 76.7 cm³/mol. The molecule has 0 spiro atoms. The van der Waals surface area contributed by atoms with E-state index in [0.717, 1.165) is 18.0 Å². The first kappa shape index (κ1) is 14.2. The lowest BCUT2D eigenvalue weighted by Crippen LogP contribution is -2.39. The maximum atomic E-state index is 5.96. The van der Waals surface area contributed by atoms with Gasteiger partial charge in [-0.2, -0.15) is 0 Å². The Morgan fingerprint density at radius 3 is 2.74 bits per heavy atom. The van der Waals surface area contributed by atoms with E-state index in [1.54, 1.807) is 14.2 Å². The largest absolute Gasteiger partial charge is 0.497 e. The minimum Gasteiger partial charge on any atom is -0.497 e. The van der Waals surface area contributed by atoms with E-state index >= 15 is 0 Å². The molecular formula is C15H24N2O2. The Balaban J connectivity index is 2.41. The summed E-state index contributed by atoms with van der Waals surface area (Å²) in [5.41, 5.74) is 7.14. The molecule has 0 aliphatic carbocycles. The molecule has 1 fully saturated rings. The minimum absolute atomic E-state index is 0.309. The monoisotopic (exact) mass is 264 g/mol. The van der Waals surface area contributed by atoms with Crippen LogP contribution in [0.4, 0.5) is 0 Å². The highest BCUT2D eigenvalue weighted by Crippen LogP contribution is 2.40. The second-order valence-corrected chi connectivity index (χ2v) is 5.17. The van der Waals surface area contributed by atoms with Gasteiger partial charge >= 0.3 is 0 Å². The molecule has 0 radical (unpaired) electrons. The molecule has 1 aromatic carbocycles. The van der Waals surface area contributed by atoms with Gasteiger partial charge in [-0.3, -0.25) is 4.90 Å². The zero-order valence-electron chi connectivity index (χ0n) is 12.1. The van der Waals surface area contributed by atoms with E-state index in [0.29, 0.717) is 18.5 Å². The van der Waals surface area contributed by atoms with Crippen LogP contribution in [0, 0.1) is 5.92 Å². The van der Waals surface area contributed by atoms with Crippen LogP contribution < -0.4 is 15.2 Å². The molecule has 2 rings (SSSR count). The summed E-state index contributed by atoms with van der Waals surface area (Å²) in [4.78, 5) is 2.37. The third-order valence-electron chi connectivity index (χ3n) is 4.07. The molecule has 0 saturated carbocycles. The molecule has 1 saturated heterocycles. The fourth-order valence-corrected chi connectivity index (χ4v) is 3.07. The Kier molecular flexibility index (Phi) is 4.66. The molecule has 4 heteroatoms. The van der Waals surface area contributed by atoms with Crippen LogP contribution in [0.3, 0.4) is 0 Å². The summed E-state index contributed by atoms with van der Waals surface area (Å²) in [5, 5.41) is 0. The van der Waals surface area contributed by atoms with Crippen LogP contribution in [0.15, 0.2) is 18.2 Å². The van der Waals surface area contributed by atoms with Crippen LogP contribution in [0.2, 0.25) is 0 Å². The number of benzene rings is 1. The van der Waals surface area contributed by atoms with E-state index in [2.05, 4.69) is 18.0 Å². The standard InChI is InChI=1S/C15H24N2O2/c1-17-8-4-5-11(10-16)15(17)13-9-12(18-2)6-7-14(13)19-3/h6-7,9,11,15H,4-5,8,10,16H2,1-3H3. The number of rotatable bonds is 4. The normalized spacial score (nSPS) is 24.2. The van der Waals surface area contributed by atoms with Gasteiger partial charge in [0.15, 0.2) is 0 Å². The molecule has 0 bridgehead atoms. The number of piperidine rings is 1. The molecule has 1 aliphatic rings. The van der Waals surface area contributed by atoms with Gasteiger partial charge in [0.05, 0.1) is 14.2 Å². The highest BCUT2D eigenvalue weighted by atomic mass is 16.5. The minimum atomic E-state index is 0.309. The van der Waals surface area contributed by atoms with Crippen LogP contribution in [-0.2, 0) is 0 Å². The van der Waals surface area contributed by atoms with E-state index in [1.165, 1.54) is 18.4 Å². The zero-order chi connectivity index (χ0) is 13.8. The summed E-state index contributed by atoms with van der Waals surface area (Å²) in [5.74, 6) is 2.25. The Morgan fingerprint density at radius 2 is 2.11 bits per heavy atom. The fraction of sp³-hybridized carbons (Fsp3) is 0.600. The summed E-state index contributed by atoms with van der Waals surface area (Å²) >= 11 is 0. The van der Waals surface area contributed by atoms with Crippen LogP contribution in [0.1, 0.15) is 24.4 Å². The lowest BCUT2D eigenvalue weighted by molar-refractivity contribution is 0.122. The smallest absolute Gasteiger partial charge is 0.123 e. The molecule has 1 aromatic rings. The summed E-state index contributed by atoms with van der Waals surface area (Å²) in [7, 11) is 5.56. The molecule has 19 heavy (non-hydrogen) atoms. The zero-order valence-corrected chi connectivity index (χ0v) is 12.1. The lowest BCUT2D eigenvalue weighted by Gasteiger charge is -2.39. The predicted octanol–water partition coefficient (Wildman–Crippen LogP) is 2.05. The molecule has 2 atom stereocenters. The average molecular weight is 264 g/mol. The second kappa shape index (κ2) is 6.26. The maximum Gasteiger partial charge on any atom is 0.123 e. The van der Waals surface area contributed by atoms with Gasteiger partial charge in [0, 0.05) is 11.6 Å². The van der Waals surface area contributed by atoms with Gasteiger partial charge in [0.2, 0.25) is 0 Å². The molecule has 106 valence electrons. The van der Waals surface area contributed by atoms with Crippen molar-refractivity contribution in [3.63, 3.8) is 0 Å². The fourth-order valence-electron chi connectivity index (χ4n) is 3.07. The number of ether oxygens (including phenoxy) is 2. The number of hydrogen-bond acceptors (Lipinski definition) is 4. The quantitative estimate of drug-likeness (QED) is 0.904. The van der Waals surface area contributed by atoms with Crippen molar-refractivity contribution < 1.29 is 9.47 Å². The van der Waals surface area contributed by atoms with Gasteiger partial charge < -0.3 is 15.2 Å². The summed E-state index contributed by atoms with van der Waals surface area (Å²) in [6.45, 7) is 1.80. The first-order valence-electron chi connectivity index (χ1n) is 6.83. The van der Waals surface area contributed by atoms with Crippen molar-refractivity contribution >= 4 is 0 Å². The maximum absolute atomic E-state index is 5.96. The van der Waals surface area contributed by atoms with Gasteiger partial charge in [0.25, 0.3) is 0 Å². The molecule has 4 nitrogen and oxygen atoms in total. The Bertz CT molecular complexity index is 423. The van der Waals surface area contributed by atoms with Crippen LogP contribution in [0.5, 0.6) is 11.5 Å². The highest BCUT2D eigenvalue weighted by molar-refractivity contribution is 5.42. The first-order chi connectivity index (χ1) is 9.21. The van der Waals surface area contributed by atoms with E-state index < -0.39 is 0 Å². The topological polar surface area (TPSA) is 47.7 Å². The number of likely N-dealkylation sites (tertiary alicyclic amines) is 1. The molecule has 1 heterocycles. The van der Waals surface area contributed by atoms with Crippen molar-refractivity contribution in [3.8, 4) is 11.5 Å². The SMILES string of the molecule is COc1ccc(OC)c(C2C(CN)CCCN2C)c1. The van der Waals surface area contributed by atoms with E-state index in [4.69, 9.17) is 15.2 Å². The molecule has 0 aromatic heterocycles. The third kappa shape index (κ3) is 2.85. The number of hydrogen-bond donors (Lipinski definition) is 1.